The van der Waals surface area contributed by atoms with Crippen molar-refractivity contribution in [2.75, 3.05) is 19.8 Å². The van der Waals surface area contributed by atoms with Crippen LogP contribution in [0.4, 0.5) is 4.39 Å². The van der Waals surface area contributed by atoms with Crippen LogP contribution < -0.4 is 11.2 Å². The number of aromatic nitrogens is 2. The maximum atomic E-state index is 14.4. The predicted molar refractivity (Wildman–Crippen MR) is 76.9 cm³/mol. The molecule has 0 aromatic carbocycles. The molecule has 2 heterocycles. The summed E-state index contributed by atoms with van der Waals surface area (Å²) in [5, 5.41) is 22.7. The summed E-state index contributed by atoms with van der Waals surface area (Å²) in [6.07, 6.45) is -4.55. The minimum absolute atomic E-state index is 0.130. The SMILES string of the molecule is Cc1cn([C@@H]2O[C@@](CO)(OCCN=[N+]=[N-])[C@@H](O)[C@@H]2F)c(=O)[nH]c1=O. The molecule has 24 heavy (non-hydrogen) atoms. The van der Waals surface area contributed by atoms with Gasteiger partial charge in [0.1, 0.15) is 12.7 Å². The quantitative estimate of drug-likeness (QED) is 0.261. The highest BCUT2D eigenvalue weighted by Gasteiger charge is 2.57. The van der Waals surface area contributed by atoms with Gasteiger partial charge in [0.2, 0.25) is 5.79 Å². The number of hydrogen-bond donors (Lipinski definition) is 3. The normalized spacial score (nSPS) is 29.4. The van der Waals surface area contributed by atoms with Gasteiger partial charge in [0.15, 0.2) is 12.4 Å². The molecule has 1 fully saturated rings. The van der Waals surface area contributed by atoms with Gasteiger partial charge in [-0.25, -0.2) is 9.18 Å². The van der Waals surface area contributed by atoms with Crippen molar-refractivity contribution in [3.8, 4) is 0 Å². The number of nitrogens with one attached hydrogen (secondary N) is 1. The van der Waals surface area contributed by atoms with Crippen molar-refractivity contribution >= 4 is 0 Å². The van der Waals surface area contributed by atoms with E-state index in [0.29, 0.717) is 0 Å². The number of rotatable bonds is 6. The van der Waals surface area contributed by atoms with E-state index in [2.05, 4.69) is 10.0 Å². The van der Waals surface area contributed by atoms with Gasteiger partial charge in [0, 0.05) is 23.2 Å². The first kappa shape index (κ1) is 18.1. The number of hydrogen-bond acceptors (Lipinski definition) is 7. The first-order valence-electron chi connectivity index (χ1n) is 6.94. The minimum atomic E-state index is -2.13. The van der Waals surface area contributed by atoms with E-state index < -0.39 is 42.1 Å². The fraction of sp³-hybridized carbons (Fsp3) is 0.667. The monoisotopic (exact) mass is 345 g/mol. The van der Waals surface area contributed by atoms with Gasteiger partial charge in [-0.05, 0) is 12.5 Å². The zero-order valence-corrected chi connectivity index (χ0v) is 12.6. The fourth-order valence-corrected chi connectivity index (χ4v) is 2.32. The lowest BCUT2D eigenvalue weighted by Gasteiger charge is -2.29. The first-order chi connectivity index (χ1) is 11.4. The number of H-pyrrole nitrogens is 1. The number of aliphatic hydroxyl groups is 2. The Morgan fingerprint density at radius 3 is 2.96 bits per heavy atom. The second kappa shape index (κ2) is 7.11. The molecule has 0 saturated carbocycles. The van der Waals surface area contributed by atoms with Crippen LogP contribution in [0, 0.1) is 6.92 Å². The van der Waals surface area contributed by atoms with Gasteiger partial charge < -0.3 is 19.7 Å². The average Bonchev–Trinajstić information content (AvgIpc) is 2.81. The smallest absolute Gasteiger partial charge is 0.330 e. The van der Waals surface area contributed by atoms with Crippen LogP contribution in [0.15, 0.2) is 20.9 Å². The molecule has 11 nitrogen and oxygen atoms in total. The molecule has 1 aromatic heterocycles. The second-order valence-electron chi connectivity index (χ2n) is 5.15. The third kappa shape index (κ3) is 3.18. The zero-order chi connectivity index (χ0) is 17.9. The Kier molecular flexibility index (Phi) is 5.36. The first-order valence-corrected chi connectivity index (χ1v) is 6.94. The van der Waals surface area contributed by atoms with Gasteiger partial charge >= 0.3 is 5.69 Å². The van der Waals surface area contributed by atoms with Gasteiger partial charge in [-0.15, -0.1) is 0 Å². The standard InChI is InChI=1S/C12H16FN5O6/c1-6-4-18(11(22)16-9(6)21)10-7(13)8(20)12(5-19,24-10)23-3-2-15-17-14/h4,7-8,10,19-20H,2-3,5H2,1H3,(H,16,21,22)/t7-,8-,10+,12+/m0/s1. The summed E-state index contributed by atoms with van der Waals surface area (Å²) in [7, 11) is 0. The van der Waals surface area contributed by atoms with Crippen molar-refractivity contribution in [3.05, 3.63) is 43.0 Å². The molecular formula is C12H16FN5O6. The average molecular weight is 345 g/mol. The molecule has 0 amide bonds. The minimum Gasteiger partial charge on any atom is -0.391 e. The molecule has 0 radical (unpaired) electrons. The Morgan fingerprint density at radius 1 is 1.62 bits per heavy atom. The molecule has 2 rings (SSSR count). The third-order valence-electron chi connectivity index (χ3n) is 3.59. The van der Waals surface area contributed by atoms with Crippen LogP contribution in [0.5, 0.6) is 0 Å². The fourth-order valence-electron chi connectivity index (χ4n) is 2.32. The third-order valence-corrected chi connectivity index (χ3v) is 3.59. The van der Waals surface area contributed by atoms with Crippen molar-refractivity contribution in [1.29, 1.82) is 0 Å². The molecule has 1 aliphatic rings. The summed E-state index contributed by atoms with van der Waals surface area (Å²) in [5.41, 5.74) is 6.75. The summed E-state index contributed by atoms with van der Waals surface area (Å²) in [6, 6.07) is 0. The van der Waals surface area contributed by atoms with Crippen molar-refractivity contribution in [1.82, 2.24) is 9.55 Å². The van der Waals surface area contributed by atoms with Crippen LogP contribution in [0.3, 0.4) is 0 Å². The van der Waals surface area contributed by atoms with Gasteiger partial charge in [-0.1, -0.05) is 5.11 Å². The summed E-state index contributed by atoms with van der Waals surface area (Å²) in [6.45, 7) is 0.121. The summed E-state index contributed by atoms with van der Waals surface area (Å²) in [4.78, 5) is 27.7. The molecule has 1 aliphatic heterocycles. The van der Waals surface area contributed by atoms with Gasteiger partial charge in [-0.2, -0.15) is 0 Å². The summed E-state index contributed by atoms with van der Waals surface area (Å²) in [5.74, 6) is -2.13. The lowest BCUT2D eigenvalue weighted by atomic mass is 10.1. The van der Waals surface area contributed by atoms with E-state index in [4.69, 9.17) is 15.0 Å². The molecule has 4 atom stereocenters. The molecule has 0 unspecified atom stereocenters. The van der Waals surface area contributed by atoms with Crippen LogP contribution in [-0.4, -0.2) is 57.6 Å². The van der Waals surface area contributed by atoms with Crippen molar-refractivity contribution < 1.29 is 24.1 Å². The molecule has 1 aromatic rings. The van der Waals surface area contributed by atoms with Crippen molar-refractivity contribution in [2.45, 2.75) is 31.2 Å². The largest absolute Gasteiger partial charge is 0.391 e. The number of aryl methyl sites for hydroxylation is 1. The molecule has 3 N–H and O–H groups in total. The van der Waals surface area contributed by atoms with E-state index >= 15 is 0 Å². The molecular weight excluding hydrogens is 329 g/mol. The maximum Gasteiger partial charge on any atom is 0.330 e. The lowest BCUT2D eigenvalue weighted by Crippen LogP contribution is -2.48. The van der Waals surface area contributed by atoms with Crippen LogP contribution in [0.2, 0.25) is 0 Å². The summed E-state index contributed by atoms with van der Waals surface area (Å²) < 4.78 is 25.6. The number of aromatic amines is 1. The Hall–Kier alpha value is -2.24. The highest BCUT2D eigenvalue weighted by molar-refractivity contribution is 5.04. The van der Waals surface area contributed by atoms with Crippen molar-refractivity contribution in [2.24, 2.45) is 5.11 Å². The van der Waals surface area contributed by atoms with E-state index in [9.17, 15) is 24.2 Å². The Labute approximate surface area is 133 Å². The van der Waals surface area contributed by atoms with Crippen LogP contribution in [0.1, 0.15) is 11.8 Å². The Bertz CT molecular complexity index is 759. The molecule has 0 bridgehead atoms. The molecule has 0 aliphatic carbocycles. The highest BCUT2D eigenvalue weighted by atomic mass is 19.1. The van der Waals surface area contributed by atoms with Crippen LogP contribution in [-0.2, 0) is 9.47 Å². The number of azide groups is 1. The maximum absolute atomic E-state index is 14.4. The topological polar surface area (TPSA) is 163 Å². The van der Waals surface area contributed by atoms with E-state index in [-0.39, 0.29) is 18.7 Å². The van der Waals surface area contributed by atoms with E-state index in [1.807, 2.05) is 4.98 Å². The molecule has 132 valence electrons. The number of alkyl halides is 1. The van der Waals surface area contributed by atoms with Crippen LogP contribution >= 0.6 is 0 Å². The summed E-state index contributed by atoms with van der Waals surface area (Å²) >= 11 is 0. The molecule has 12 heteroatoms. The number of aliphatic hydroxyl groups excluding tert-OH is 2. The van der Waals surface area contributed by atoms with E-state index in [0.717, 1.165) is 10.8 Å². The Balaban J connectivity index is 2.31. The predicted octanol–water partition coefficient (Wildman–Crippen LogP) is -0.912. The highest BCUT2D eigenvalue weighted by Crippen LogP contribution is 2.39. The van der Waals surface area contributed by atoms with Crippen LogP contribution in [0.25, 0.3) is 10.4 Å². The number of halogens is 1. The van der Waals surface area contributed by atoms with E-state index in [1.54, 1.807) is 0 Å². The van der Waals surface area contributed by atoms with Gasteiger partial charge in [0.25, 0.3) is 5.56 Å². The number of nitrogens with zero attached hydrogens (tertiary/aromatic N) is 4. The molecule has 0 spiro atoms. The van der Waals surface area contributed by atoms with Gasteiger partial charge in [-0.3, -0.25) is 14.3 Å². The Morgan fingerprint density at radius 2 is 2.33 bits per heavy atom. The molecule has 1 saturated heterocycles. The van der Waals surface area contributed by atoms with Gasteiger partial charge in [0.05, 0.1) is 6.61 Å². The lowest BCUT2D eigenvalue weighted by molar-refractivity contribution is -0.280. The van der Waals surface area contributed by atoms with Crippen molar-refractivity contribution in [3.63, 3.8) is 0 Å². The zero-order valence-electron chi connectivity index (χ0n) is 12.6. The van der Waals surface area contributed by atoms with E-state index in [1.165, 1.54) is 6.92 Å². The second-order valence-corrected chi connectivity index (χ2v) is 5.15. The number of ether oxygens (including phenoxy) is 2.